The molecule has 2 nitrogen and oxygen atoms in total. The van der Waals surface area contributed by atoms with Gasteiger partial charge in [0.05, 0.1) is 6.61 Å². The number of ether oxygens (including phenoxy) is 1. The maximum absolute atomic E-state index is 11.6. The van der Waals surface area contributed by atoms with Crippen molar-refractivity contribution in [3.8, 4) is 0 Å². The van der Waals surface area contributed by atoms with Crippen molar-refractivity contribution >= 4 is 5.97 Å². The molecule has 0 aromatic carbocycles. The first-order valence-corrected chi connectivity index (χ1v) is 9.84. The zero-order valence-corrected chi connectivity index (χ0v) is 17.5. The SMILES string of the molecule is CCCCOC(=O)/C=C(C)/C=C\C=C(C)\C=C\C1=C(C)CCCC1(C)C. The average molecular weight is 357 g/mol. The van der Waals surface area contributed by atoms with Gasteiger partial charge in [0.25, 0.3) is 0 Å². The summed E-state index contributed by atoms with van der Waals surface area (Å²) in [7, 11) is 0. The molecule has 0 aromatic rings. The third-order valence-corrected chi connectivity index (χ3v) is 4.86. The van der Waals surface area contributed by atoms with Crippen molar-refractivity contribution in [2.75, 3.05) is 6.61 Å². The predicted octanol–water partition coefficient (Wildman–Crippen LogP) is 6.86. The van der Waals surface area contributed by atoms with E-state index in [0.29, 0.717) is 6.61 Å². The molecule has 0 saturated carbocycles. The van der Waals surface area contributed by atoms with Crippen molar-refractivity contribution in [3.63, 3.8) is 0 Å². The van der Waals surface area contributed by atoms with E-state index < -0.39 is 0 Å². The van der Waals surface area contributed by atoms with Crippen LogP contribution in [0.4, 0.5) is 0 Å². The van der Waals surface area contributed by atoms with E-state index in [4.69, 9.17) is 4.74 Å². The topological polar surface area (TPSA) is 26.3 Å². The molecule has 0 heterocycles. The van der Waals surface area contributed by atoms with Gasteiger partial charge in [-0.1, -0.05) is 68.7 Å². The lowest BCUT2D eigenvalue weighted by Crippen LogP contribution is -2.19. The van der Waals surface area contributed by atoms with Crippen LogP contribution in [0.15, 0.2) is 58.7 Å². The number of hydrogen-bond acceptors (Lipinski definition) is 2. The Hall–Kier alpha value is -1.83. The molecule has 1 rings (SSSR count). The smallest absolute Gasteiger partial charge is 0.331 e. The second-order valence-corrected chi connectivity index (χ2v) is 7.94. The minimum absolute atomic E-state index is 0.261. The Morgan fingerprint density at radius 2 is 1.92 bits per heavy atom. The second-order valence-electron chi connectivity index (χ2n) is 7.94. The van der Waals surface area contributed by atoms with Crippen LogP contribution in [0.25, 0.3) is 0 Å². The Morgan fingerprint density at radius 3 is 2.58 bits per heavy atom. The predicted molar refractivity (Wildman–Crippen MR) is 112 cm³/mol. The maximum atomic E-state index is 11.6. The monoisotopic (exact) mass is 356 g/mol. The summed E-state index contributed by atoms with van der Waals surface area (Å²) >= 11 is 0. The van der Waals surface area contributed by atoms with E-state index in [2.05, 4.69) is 52.8 Å². The van der Waals surface area contributed by atoms with Crippen LogP contribution in [-0.2, 0) is 9.53 Å². The largest absolute Gasteiger partial charge is 0.463 e. The number of allylic oxidation sites excluding steroid dienone is 9. The van der Waals surface area contributed by atoms with Gasteiger partial charge in [-0.2, -0.15) is 0 Å². The van der Waals surface area contributed by atoms with Crippen LogP contribution in [0.5, 0.6) is 0 Å². The summed E-state index contributed by atoms with van der Waals surface area (Å²) in [6.45, 7) is 13.5. The highest BCUT2D eigenvalue weighted by atomic mass is 16.5. The number of rotatable bonds is 8. The molecule has 0 radical (unpaired) electrons. The Balaban J connectivity index is 2.64. The van der Waals surface area contributed by atoms with Crippen molar-refractivity contribution in [2.45, 2.75) is 73.6 Å². The van der Waals surface area contributed by atoms with Crippen LogP contribution < -0.4 is 0 Å². The lowest BCUT2D eigenvalue weighted by atomic mass is 9.72. The Bertz CT molecular complexity index is 625. The molecule has 1 aliphatic rings. The van der Waals surface area contributed by atoms with Crippen LogP contribution in [0, 0.1) is 5.41 Å². The van der Waals surface area contributed by atoms with Crippen LogP contribution in [0.2, 0.25) is 0 Å². The average Bonchev–Trinajstić information content (AvgIpc) is 2.54. The van der Waals surface area contributed by atoms with E-state index in [1.165, 1.54) is 36.0 Å². The molecule has 26 heavy (non-hydrogen) atoms. The van der Waals surface area contributed by atoms with E-state index >= 15 is 0 Å². The summed E-state index contributed by atoms with van der Waals surface area (Å²) in [5.41, 5.74) is 5.35. The molecule has 0 aromatic heterocycles. The second kappa shape index (κ2) is 11.0. The van der Waals surface area contributed by atoms with Crippen LogP contribution >= 0.6 is 0 Å². The van der Waals surface area contributed by atoms with Gasteiger partial charge in [-0.25, -0.2) is 4.79 Å². The summed E-state index contributed by atoms with van der Waals surface area (Å²) in [5, 5.41) is 0. The quantitative estimate of drug-likeness (QED) is 0.205. The van der Waals surface area contributed by atoms with Gasteiger partial charge in [0, 0.05) is 6.08 Å². The molecule has 0 amide bonds. The van der Waals surface area contributed by atoms with Crippen LogP contribution in [-0.4, -0.2) is 12.6 Å². The highest BCUT2D eigenvalue weighted by Crippen LogP contribution is 2.40. The lowest BCUT2D eigenvalue weighted by Gasteiger charge is -2.32. The first-order chi connectivity index (χ1) is 12.3. The molecule has 0 aliphatic heterocycles. The molecule has 0 atom stereocenters. The van der Waals surface area contributed by atoms with Gasteiger partial charge in [0.15, 0.2) is 0 Å². The zero-order chi connectivity index (χ0) is 19.6. The van der Waals surface area contributed by atoms with Crippen molar-refractivity contribution in [1.82, 2.24) is 0 Å². The summed E-state index contributed by atoms with van der Waals surface area (Å²) in [6.07, 6.45) is 17.7. The highest BCUT2D eigenvalue weighted by Gasteiger charge is 2.26. The summed E-state index contributed by atoms with van der Waals surface area (Å²) in [6, 6.07) is 0. The molecular weight excluding hydrogens is 320 g/mol. The van der Waals surface area contributed by atoms with Crippen molar-refractivity contribution in [3.05, 3.63) is 58.7 Å². The van der Waals surface area contributed by atoms with E-state index in [1.54, 1.807) is 6.08 Å². The van der Waals surface area contributed by atoms with Gasteiger partial charge in [-0.15, -0.1) is 0 Å². The number of esters is 1. The normalized spacial score (nSPS) is 18.8. The van der Waals surface area contributed by atoms with Crippen LogP contribution in [0.1, 0.15) is 73.6 Å². The van der Waals surface area contributed by atoms with Crippen LogP contribution in [0.3, 0.4) is 0 Å². The van der Waals surface area contributed by atoms with E-state index in [1.807, 2.05) is 19.1 Å². The van der Waals surface area contributed by atoms with Gasteiger partial charge < -0.3 is 4.74 Å². The van der Waals surface area contributed by atoms with E-state index in [-0.39, 0.29) is 11.4 Å². The summed E-state index contributed by atoms with van der Waals surface area (Å²) in [4.78, 5) is 11.6. The van der Waals surface area contributed by atoms with Gasteiger partial charge in [0.2, 0.25) is 0 Å². The van der Waals surface area contributed by atoms with Crippen molar-refractivity contribution in [2.24, 2.45) is 5.41 Å². The molecule has 0 N–H and O–H groups in total. The molecular formula is C24H36O2. The van der Waals surface area contributed by atoms with E-state index in [0.717, 1.165) is 18.4 Å². The number of unbranched alkanes of at least 4 members (excludes halogenated alkanes) is 1. The van der Waals surface area contributed by atoms with Gasteiger partial charge in [-0.3, -0.25) is 0 Å². The molecule has 0 bridgehead atoms. The summed E-state index contributed by atoms with van der Waals surface area (Å²) in [5.74, 6) is -0.261. The number of hydrogen-bond donors (Lipinski definition) is 0. The molecule has 0 saturated heterocycles. The summed E-state index contributed by atoms with van der Waals surface area (Å²) < 4.78 is 5.13. The van der Waals surface area contributed by atoms with Gasteiger partial charge >= 0.3 is 5.97 Å². The molecule has 1 aliphatic carbocycles. The fourth-order valence-electron chi connectivity index (χ4n) is 3.23. The van der Waals surface area contributed by atoms with Gasteiger partial charge in [-0.05, 0) is 63.0 Å². The minimum Gasteiger partial charge on any atom is -0.463 e. The standard InChI is InChI=1S/C24H36O2/c1-7-8-17-26-23(25)18-20(3)12-9-11-19(2)14-15-22-21(4)13-10-16-24(22,5)6/h9,11-12,14-15,18H,7-8,10,13,16-17H2,1-6H3/b12-9-,15-14+,19-11+,20-18+. The Morgan fingerprint density at radius 1 is 1.19 bits per heavy atom. The Labute approximate surface area is 160 Å². The molecule has 0 spiro atoms. The third-order valence-electron chi connectivity index (χ3n) is 4.86. The van der Waals surface area contributed by atoms with Crippen molar-refractivity contribution < 1.29 is 9.53 Å². The lowest BCUT2D eigenvalue weighted by molar-refractivity contribution is -0.137. The number of carbonyl (C=O) groups excluding carboxylic acids is 1. The first kappa shape index (κ1) is 22.2. The maximum Gasteiger partial charge on any atom is 0.331 e. The van der Waals surface area contributed by atoms with Gasteiger partial charge in [0.1, 0.15) is 0 Å². The first-order valence-electron chi connectivity index (χ1n) is 9.84. The molecule has 144 valence electrons. The Kier molecular flexibility index (Phi) is 9.40. The molecule has 2 heteroatoms. The zero-order valence-electron chi connectivity index (χ0n) is 17.5. The number of carbonyl (C=O) groups is 1. The van der Waals surface area contributed by atoms with Crippen molar-refractivity contribution in [1.29, 1.82) is 0 Å². The highest BCUT2D eigenvalue weighted by molar-refractivity contribution is 5.83. The molecule has 0 fully saturated rings. The molecule has 0 unspecified atom stereocenters. The third kappa shape index (κ3) is 8.03. The minimum atomic E-state index is -0.261. The fourth-order valence-corrected chi connectivity index (χ4v) is 3.23. The van der Waals surface area contributed by atoms with E-state index in [9.17, 15) is 4.79 Å². The fraction of sp³-hybridized carbons (Fsp3) is 0.542.